The van der Waals surface area contributed by atoms with E-state index in [-0.39, 0.29) is 11.7 Å². The molecule has 7 nitrogen and oxygen atoms in total. The second kappa shape index (κ2) is 10.9. The van der Waals surface area contributed by atoms with Crippen LogP contribution in [0.3, 0.4) is 0 Å². The lowest BCUT2D eigenvalue weighted by atomic mass is 10.0. The van der Waals surface area contributed by atoms with E-state index < -0.39 is 0 Å². The SMILES string of the molecule is COc1ccc(-n2c(SCC(=O)Nc3ccccc3-c3ccccc3)nnc2-c2ccccn2)cc1. The quantitative estimate of drug-likeness (QED) is 0.278. The van der Waals surface area contributed by atoms with E-state index >= 15 is 0 Å². The van der Waals surface area contributed by atoms with E-state index in [1.165, 1.54) is 11.8 Å². The number of aromatic nitrogens is 4. The fourth-order valence-electron chi connectivity index (χ4n) is 3.77. The normalized spacial score (nSPS) is 10.7. The van der Waals surface area contributed by atoms with Gasteiger partial charge in [0, 0.05) is 17.4 Å². The Kier molecular flexibility index (Phi) is 7.05. The van der Waals surface area contributed by atoms with Crippen LogP contribution in [0.25, 0.3) is 28.3 Å². The number of anilines is 1. The lowest BCUT2D eigenvalue weighted by Gasteiger charge is -2.12. The number of para-hydroxylation sites is 1. The second-order valence-electron chi connectivity index (χ2n) is 7.80. The zero-order valence-electron chi connectivity index (χ0n) is 19.5. The first-order valence-corrected chi connectivity index (χ1v) is 12.3. The van der Waals surface area contributed by atoms with E-state index in [9.17, 15) is 4.79 Å². The van der Waals surface area contributed by atoms with E-state index in [0.29, 0.717) is 16.7 Å². The summed E-state index contributed by atoms with van der Waals surface area (Å²) in [6, 6.07) is 31.0. The minimum atomic E-state index is -0.132. The maximum Gasteiger partial charge on any atom is 0.234 e. The van der Waals surface area contributed by atoms with Crippen LogP contribution in [0.1, 0.15) is 0 Å². The second-order valence-corrected chi connectivity index (χ2v) is 8.75. The molecule has 0 radical (unpaired) electrons. The Bertz CT molecular complexity index is 1450. The predicted molar refractivity (Wildman–Crippen MR) is 142 cm³/mol. The lowest BCUT2D eigenvalue weighted by Crippen LogP contribution is -2.15. The third-order valence-corrected chi connectivity index (χ3v) is 6.41. The molecule has 5 rings (SSSR count). The maximum atomic E-state index is 13.0. The highest BCUT2D eigenvalue weighted by molar-refractivity contribution is 7.99. The first kappa shape index (κ1) is 23.3. The Labute approximate surface area is 213 Å². The number of benzene rings is 3. The van der Waals surface area contributed by atoms with Crippen molar-refractivity contribution >= 4 is 23.4 Å². The molecule has 0 unspecified atom stereocenters. The van der Waals surface area contributed by atoms with Gasteiger partial charge in [0.1, 0.15) is 11.4 Å². The van der Waals surface area contributed by atoms with E-state index in [1.54, 1.807) is 13.3 Å². The molecule has 1 amide bonds. The van der Waals surface area contributed by atoms with Crippen LogP contribution in [0.5, 0.6) is 5.75 Å². The number of amides is 1. The first-order valence-electron chi connectivity index (χ1n) is 11.3. The van der Waals surface area contributed by atoms with Gasteiger partial charge in [-0.3, -0.25) is 14.3 Å². The molecule has 0 saturated carbocycles. The number of nitrogens with one attached hydrogen (secondary N) is 1. The summed E-state index contributed by atoms with van der Waals surface area (Å²) in [4.78, 5) is 17.4. The number of nitrogens with zero attached hydrogens (tertiary/aromatic N) is 4. The Morgan fingerprint density at radius 3 is 2.39 bits per heavy atom. The molecule has 2 heterocycles. The number of thioether (sulfide) groups is 1. The number of ether oxygens (including phenoxy) is 1. The molecule has 1 N–H and O–H groups in total. The van der Waals surface area contributed by atoms with E-state index in [1.807, 2.05) is 102 Å². The van der Waals surface area contributed by atoms with Crippen LogP contribution >= 0.6 is 11.8 Å². The summed E-state index contributed by atoms with van der Waals surface area (Å²) in [5.41, 5.74) is 4.31. The summed E-state index contributed by atoms with van der Waals surface area (Å²) < 4.78 is 7.20. The van der Waals surface area contributed by atoms with Gasteiger partial charge in [-0.15, -0.1) is 10.2 Å². The highest BCUT2D eigenvalue weighted by Crippen LogP contribution is 2.30. The molecular formula is C28H23N5O2S. The largest absolute Gasteiger partial charge is 0.497 e. The van der Waals surface area contributed by atoms with Crippen molar-refractivity contribution in [1.82, 2.24) is 19.7 Å². The van der Waals surface area contributed by atoms with Gasteiger partial charge >= 0.3 is 0 Å². The Morgan fingerprint density at radius 2 is 1.64 bits per heavy atom. The van der Waals surface area contributed by atoms with Crippen molar-refractivity contribution in [1.29, 1.82) is 0 Å². The zero-order valence-corrected chi connectivity index (χ0v) is 20.4. The highest BCUT2D eigenvalue weighted by Gasteiger charge is 2.18. The molecule has 0 fully saturated rings. The number of pyridine rings is 1. The average Bonchev–Trinajstić information content (AvgIpc) is 3.37. The van der Waals surface area contributed by atoms with E-state index in [2.05, 4.69) is 20.5 Å². The molecule has 8 heteroatoms. The zero-order chi connectivity index (χ0) is 24.7. The van der Waals surface area contributed by atoms with Crippen LogP contribution in [0.15, 0.2) is 108 Å². The van der Waals surface area contributed by atoms with Crippen molar-refractivity contribution in [3.8, 4) is 34.1 Å². The van der Waals surface area contributed by atoms with Gasteiger partial charge in [0.15, 0.2) is 11.0 Å². The summed E-state index contributed by atoms with van der Waals surface area (Å²) in [6.07, 6.45) is 1.72. The lowest BCUT2D eigenvalue weighted by molar-refractivity contribution is -0.113. The Hall–Kier alpha value is -4.43. The highest BCUT2D eigenvalue weighted by atomic mass is 32.2. The van der Waals surface area contributed by atoms with Gasteiger partial charge in [0.2, 0.25) is 5.91 Å². The number of hydrogen-bond donors (Lipinski definition) is 1. The third kappa shape index (κ3) is 5.13. The molecule has 36 heavy (non-hydrogen) atoms. The molecule has 0 bridgehead atoms. The van der Waals surface area contributed by atoms with Gasteiger partial charge in [-0.2, -0.15) is 0 Å². The Balaban J connectivity index is 1.39. The topological polar surface area (TPSA) is 81.9 Å². The third-order valence-electron chi connectivity index (χ3n) is 5.48. The number of rotatable bonds is 8. The van der Waals surface area contributed by atoms with Gasteiger partial charge in [0.25, 0.3) is 0 Å². The number of methoxy groups -OCH3 is 1. The van der Waals surface area contributed by atoms with Crippen molar-refractivity contribution in [3.63, 3.8) is 0 Å². The minimum absolute atomic E-state index is 0.132. The molecule has 5 aromatic rings. The van der Waals surface area contributed by atoms with Crippen LogP contribution in [0.4, 0.5) is 5.69 Å². The van der Waals surface area contributed by atoms with Gasteiger partial charge < -0.3 is 10.1 Å². The summed E-state index contributed by atoms with van der Waals surface area (Å²) in [6.45, 7) is 0. The molecule has 0 aliphatic heterocycles. The maximum absolute atomic E-state index is 13.0. The summed E-state index contributed by atoms with van der Waals surface area (Å²) in [5, 5.41) is 12.4. The van der Waals surface area contributed by atoms with Gasteiger partial charge in [-0.25, -0.2) is 0 Å². The van der Waals surface area contributed by atoms with Crippen molar-refractivity contribution < 1.29 is 9.53 Å². The van der Waals surface area contributed by atoms with Gasteiger partial charge in [-0.1, -0.05) is 66.4 Å². The monoisotopic (exact) mass is 493 g/mol. The minimum Gasteiger partial charge on any atom is -0.497 e. The standard InChI is InChI=1S/C28H23N5O2S/c1-35-22-16-14-21(15-17-22)33-27(25-13-7-8-18-29-25)31-32-28(33)36-19-26(34)30-24-12-6-5-11-23(24)20-9-3-2-4-10-20/h2-18H,19H2,1H3,(H,30,34). The summed E-state index contributed by atoms with van der Waals surface area (Å²) in [5.74, 6) is 1.38. The number of hydrogen-bond acceptors (Lipinski definition) is 6. The average molecular weight is 494 g/mol. The molecule has 0 aliphatic carbocycles. The van der Waals surface area contributed by atoms with E-state index in [0.717, 1.165) is 28.3 Å². The van der Waals surface area contributed by atoms with Crippen LogP contribution in [0.2, 0.25) is 0 Å². The van der Waals surface area contributed by atoms with Gasteiger partial charge in [0.05, 0.1) is 18.6 Å². The van der Waals surface area contributed by atoms with Crippen LogP contribution in [-0.4, -0.2) is 38.5 Å². The smallest absolute Gasteiger partial charge is 0.234 e. The molecular weight excluding hydrogens is 470 g/mol. The summed E-state index contributed by atoms with van der Waals surface area (Å²) in [7, 11) is 1.63. The predicted octanol–water partition coefficient (Wildman–Crippen LogP) is 5.74. The molecule has 0 spiro atoms. The van der Waals surface area contributed by atoms with Crippen LogP contribution in [-0.2, 0) is 4.79 Å². The van der Waals surface area contributed by atoms with Crippen molar-refractivity contribution in [2.24, 2.45) is 0 Å². The fraction of sp³-hybridized carbons (Fsp3) is 0.0714. The Morgan fingerprint density at radius 1 is 0.889 bits per heavy atom. The van der Waals surface area contributed by atoms with Crippen LogP contribution in [0, 0.1) is 0 Å². The number of carbonyl (C=O) groups excluding carboxylic acids is 1. The molecule has 178 valence electrons. The number of carbonyl (C=O) groups is 1. The van der Waals surface area contributed by atoms with Gasteiger partial charge in [-0.05, 0) is 48.0 Å². The first-order chi connectivity index (χ1) is 17.7. The molecule has 0 atom stereocenters. The fourth-order valence-corrected chi connectivity index (χ4v) is 4.52. The van der Waals surface area contributed by atoms with Crippen molar-refractivity contribution in [3.05, 3.63) is 103 Å². The molecule has 0 saturated heterocycles. The van der Waals surface area contributed by atoms with E-state index in [4.69, 9.17) is 4.74 Å². The molecule has 3 aromatic carbocycles. The van der Waals surface area contributed by atoms with Crippen molar-refractivity contribution in [2.45, 2.75) is 5.16 Å². The van der Waals surface area contributed by atoms with Crippen LogP contribution < -0.4 is 10.1 Å². The molecule has 2 aromatic heterocycles. The summed E-state index contributed by atoms with van der Waals surface area (Å²) >= 11 is 1.31. The molecule has 0 aliphatic rings. The van der Waals surface area contributed by atoms with Crippen molar-refractivity contribution in [2.75, 3.05) is 18.2 Å².